The quantitative estimate of drug-likeness (QED) is 0.638. The lowest BCUT2D eigenvalue weighted by atomic mass is 10.1. The Morgan fingerprint density at radius 1 is 1.21 bits per heavy atom. The van der Waals surface area contributed by atoms with Gasteiger partial charge in [-0.1, -0.05) is 18.2 Å². The zero-order valence-electron chi connectivity index (χ0n) is 9.96. The van der Waals surface area contributed by atoms with Crippen LogP contribution in [0.3, 0.4) is 0 Å². The number of fused-ring (bicyclic) bond motifs is 3. The number of rotatable bonds is 1. The van der Waals surface area contributed by atoms with E-state index in [1.165, 1.54) is 6.92 Å². The van der Waals surface area contributed by atoms with E-state index >= 15 is 0 Å². The van der Waals surface area contributed by atoms with Gasteiger partial charge in [0, 0.05) is 26.6 Å². The minimum Gasteiger partial charge on any atom is -0.454 e. The van der Waals surface area contributed by atoms with Crippen molar-refractivity contribution < 1.29 is 9.21 Å². The van der Waals surface area contributed by atoms with Crippen molar-refractivity contribution >= 4 is 65.4 Å². The molecule has 0 unspecified atom stereocenters. The summed E-state index contributed by atoms with van der Waals surface area (Å²) < 4.78 is 7.57. The Balaban J connectivity index is 2.46. The molecule has 3 rings (SSSR count). The summed E-state index contributed by atoms with van der Waals surface area (Å²) in [6.07, 6.45) is 0. The third-order valence-electron chi connectivity index (χ3n) is 2.85. The van der Waals surface area contributed by atoms with Gasteiger partial charge in [0.1, 0.15) is 5.58 Å². The first-order chi connectivity index (χ1) is 9.08. The molecule has 1 aromatic heterocycles. The van der Waals surface area contributed by atoms with Gasteiger partial charge in [0.05, 0.1) is 5.69 Å². The summed E-state index contributed by atoms with van der Waals surface area (Å²) in [6, 6.07) is 9.70. The maximum atomic E-state index is 11.3. The maximum absolute atomic E-state index is 11.3. The normalized spacial score (nSPS) is 11.1. The van der Waals surface area contributed by atoms with Crippen LogP contribution in [0.4, 0.5) is 5.69 Å². The van der Waals surface area contributed by atoms with Crippen LogP contribution >= 0.6 is 31.9 Å². The second-order valence-electron chi connectivity index (χ2n) is 4.20. The number of furan rings is 1. The molecular weight excluding hydrogens is 374 g/mol. The highest BCUT2D eigenvalue weighted by Gasteiger charge is 2.17. The number of carbonyl (C=O) groups is 1. The van der Waals surface area contributed by atoms with E-state index in [1.54, 1.807) is 0 Å². The van der Waals surface area contributed by atoms with Crippen LogP contribution < -0.4 is 5.32 Å². The van der Waals surface area contributed by atoms with Gasteiger partial charge in [-0.15, -0.1) is 0 Å². The third kappa shape index (κ3) is 2.07. The summed E-state index contributed by atoms with van der Waals surface area (Å²) in [5.74, 6) is -0.134. The Labute approximate surface area is 126 Å². The fourth-order valence-corrected chi connectivity index (χ4v) is 3.55. The largest absolute Gasteiger partial charge is 0.454 e. The average molecular weight is 383 g/mol. The van der Waals surface area contributed by atoms with Crippen molar-refractivity contribution in [3.63, 3.8) is 0 Å². The molecule has 0 spiro atoms. The highest BCUT2D eigenvalue weighted by atomic mass is 79.9. The van der Waals surface area contributed by atoms with E-state index in [2.05, 4.69) is 37.2 Å². The minimum absolute atomic E-state index is 0.134. The summed E-state index contributed by atoms with van der Waals surface area (Å²) in [5, 5.41) is 4.78. The molecule has 1 N–H and O–H groups in total. The van der Waals surface area contributed by atoms with Gasteiger partial charge in [-0.05, 0) is 44.0 Å². The molecule has 3 aromatic rings. The monoisotopic (exact) mass is 381 g/mol. The van der Waals surface area contributed by atoms with Gasteiger partial charge < -0.3 is 9.73 Å². The number of hydrogen-bond donors (Lipinski definition) is 1. The van der Waals surface area contributed by atoms with E-state index < -0.39 is 0 Å². The van der Waals surface area contributed by atoms with Crippen LogP contribution in [0.25, 0.3) is 21.9 Å². The number of carbonyl (C=O) groups excluding carboxylic acids is 1. The van der Waals surface area contributed by atoms with Crippen molar-refractivity contribution in [1.29, 1.82) is 0 Å². The number of para-hydroxylation sites is 1. The van der Waals surface area contributed by atoms with Crippen molar-refractivity contribution in [3.8, 4) is 0 Å². The predicted molar refractivity (Wildman–Crippen MR) is 83.4 cm³/mol. The Morgan fingerprint density at radius 3 is 2.68 bits per heavy atom. The number of amides is 1. The van der Waals surface area contributed by atoms with Crippen LogP contribution in [-0.4, -0.2) is 5.91 Å². The molecule has 0 aliphatic heterocycles. The van der Waals surface area contributed by atoms with Crippen LogP contribution in [0.2, 0.25) is 0 Å². The van der Waals surface area contributed by atoms with Gasteiger partial charge in [0.15, 0.2) is 5.58 Å². The second kappa shape index (κ2) is 4.65. The second-order valence-corrected chi connectivity index (χ2v) is 5.91. The summed E-state index contributed by atoms with van der Waals surface area (Å²) in [4.78, 5) is 11.3. The molecule has 5 heteroatoms. The van der Waals surface area contributed by atoms with E-state index in [9.17, 15) is 4.79 Å². The first-order valence-electron chi connectivity index (χ1n) is 5.65. The van der Waals surface area contributed by atoms with Gasteiger partial charge in [-0.2, -0.15) is 0 Å². The molecule has 0 aliphatic carbocycles. The van der Waals surface area contributed by atoms with Crippen molar-refractivity contribution in [2.45, 2.75) is 6.92 Å². The number of anilines is 1. The molecule has 0 bridgehead atoms. The zero-order chi connectivity index (χ0) is 13.6. The van der Waals surface area contributed by atoms with Crippen LogP contribution in [0, 0.1) is 0 Å². The molecule has 0 saturated carbocycles. The molecule has 0 radical (unpaired) electrons. The highest BCUT2D eigenvalue weighted by Crippen LogP contribution is 2.42. The molecule has 1 heterocycles. The fourth-order valence-electron chi connectivity index (χ4n) is 2.12. The van der Waals surface area contributed by atoms with Crippen LogP contribution in [0.1, 0.15) is 6.92 Å². The molecule has 96 valence electrons. The van der Waals surface area contributed by atoms with Crippen molar-refractivity contribution in [3.05, 3.63) is 39.3 Å². The first kappa shape index (κ1) is 12.7. The van der Waals surface area contributed by atoms with Gasteiger partial charge in [0.2, 0.25) is 5.91 Å². The number of hydrogen-bond acceptors (Lipinski definition) is 2. The molecule has 0 aliphatic rings. The standard InChI is InChI=1S/C14H9Br2NO2/c1-7(18)17-13-10(16)6-9(15)12-8-4-2-3-5-11(8)19-14(12)13/h2-6H,1H3,(H,17,18). The molecule has 19 heavy (non-hydrogen) atoms. The smallest absolute Gasteiger partial charge is 0.221 e. The maximum Gasteiger partial charge on any atom is 0.221 e. The van der Waals surface area contributed by atoms with Gasteiger partial charge in [0.25, 0.3) is 0 Å². The molecule has 1 amide bonds. The van der Waals surface area contributed by atoms with Crippen molar-refractivity contribution in [2.24, 2.45) is 0 Å². The van der Waals surface area contributed by atoms with Crippen molar-refractivity contribution in [2.75, 3.05) is 5.32 Å². The van der Waals surface area contributed by atoms with E-state index in [1.807, 2.05) is 30.3 Å². The predicted octanol–water partition coefficient (Wildman–Crippen LogP) is 5.07. The van der Waals surface area contributed by atoms with Gasteiger partial charge >= 0.3 is 0 Å². The number of benzene rings is 2. The minimum atomic E-state index is -0.134. The van der Waals surface area contributed by atoms with Crippen molar-refractivity contribution in [1.82, 2.24) is 0 Å². The number of nitrogens with one attached hydrogen (secondary N) is 1. The summed E-state index contributed by atoms with van der Waals surface area (Å²) >= 11 is 6.99. The Bertz CT molecular complexity index is 808. The topological polar surface area (TPSA) is 42.2 Å². The molecular formula is C14H9Br2NO2. The zero-order valence-corrected chi connectivity index (χ0v) is 13.1. The Kier molecular flexibility index (Phi) is 3.11. The lowest BCUT2D eigenvalue weighted by molar-refractivity contribution is -0.114. The van der Waals surface area contributed by atoms with Crippen LogP contribution in [0.5, 0.6) is 0 Å². The molecule has 0 saturated heterocycles. The van der Waals surface area contributed by atoms with E-state index in [-0.39, 0.29) is 5.91 Å². The Morgan fingerprint density at radius 2 is 1.95 bits per heavy atom. The molecule has 2 aromatic carbocycles. The van der Waals surface area contributed by atoms with E-state index in [4.69, 9.17) is 4.42 Å². The summed E-state index contributed by atoms with van der Waals surface area (Å²) in [7, 11) is 0. The van der Waals surface area contributed by atoms with Gasteiger partial charge in [-0.3, -0.25) is 4.79 Å². The lowest BCUT2D eigenvalue weighted by Gasteiger charge is -2.07. The molecule has 3 nitrogen and oxygen atoms in total. The van der Waals surface area contributed by atoms with E-state index in [0.29, 0.717) is 11.3 Å². The Hall–Kier alpha value is -1.33. The van der Waals surface area contributed by atoms with E-state index in [0.717, 1.165) is 25.3 Å². The average Bonchev–Trinajstić information content (AvgIpc) is 2.73. The SMILES string of the molecule is CC(=O)Nc1c(Br)cc(Br)c2c1oc1ccccc12. The first-order valence-corrected chi connectivity index (χ1v) is 7.23. The number of halogens is 2. The van der Waals surface area contributed by atoms with Gasteiger partial charge in [-0.25, -0.2) is 0 Å². The third-order valence-corrected chi connectivity index (χ3v) is 4.11. The fraction of sp³-hybridized carbons (Fsp3) is 0.0714. The molecule has 0 atom stereocenters. The lowest BCUT2D eigenvalue weighted by Crippen LogP contribution is -2.06. The molecule has 0 fully saturated rings. The summed E-state index contributed by atoms with van der Waals surface area (Å²) in [5.41, 5.74) is 2.11. The summed E-state index contributed by atoms with van der Waals surface area (Å²) in [6.45, 7) is 1.48. The van der Waals surface area contributed by atoms with Crippen LogP contribution in [0.15, 0.2) is 43.7 Å². The highest BCUT2D eigenvalue weighted by molar-refractivity contribution is 9.11. The van der Waals surface area contributed by atoms with Crippen LogP contribution in [-0.2, 0) is 4.79 Å².